The summed E-state index contributed by atoms with van der Waals surface area (Å²) in [5.74, 6) is 0.245. The molecule has 0 aromatic heterocycles. The Morgan fingerprint density at radius 3 is 2.33 bits per heavy atom. The SMILES string of the molecule is O=C(Cc1ccc(I)cc1)Cc1cccc(Br)c1. The van der Waals surface area contributed by atoms with Crippen molar-refractivity contribution in [2.45, 2.75) is 12.8 Å². The molecular weight excluding hydrogens is 403 g/mol. The third kappa shape index (κ3) is 4.21. The van der Waals surface area contributed by atoms with Crippen LogP contribution in [0.15, 0.2) is 53.0 Å². The molecule has 1 nitrogen and oxygen atoms in total. The Labute approximate surface area is 129 Å². The van der Waals surface area contributed by atoms with Gasteiger partial charge in [-0.25, -0.2) is 0 Å². The van der Waals surface area contributed by atoms with E-state index in [0.717, 1.165) is 15.6 Å². The second kappa shape index (κ2) is 6.48. The molecular formula is C15H12BrIO. The van der Waals surface area contributed by atoms with Crippen LogP contribution >= 0.6 is 38.5 Å². The maximum atomic E-state index is 12.0. The van der Waals surface area contributed by atoms with Gasteiger partial charge in [-0.2, -0.15) is 0 Å². The van der Waals surface area contributed by atoms with Crippen LogP contribution < -0.4 is 0 Å². The fourth-order valence-corrected chi connectivity index (χ4v) is 2.57. The highest BCUT2D eigenvalue weighted by Gasteiger charge is 2.05. The smallest absolute Gasteiger partial charge is 0.141 e. The predicted octanol–water partition coefficient (Wildman–Crippen LogP) is 4.41. The van der Waals surface area contributed by atoms with E-state index >= 15 is 0 Å². The van der Waals surface area contributed by atoms with Crippen LogP contribution in [0.25, 0.3) is 0 Å². The van der Waals surface area contributed by atoms with Gasteiger partial charge in [-0.3, -0.25) is 4.79 Å². The summed E-state index contributed by atoms with van der Waals surface area (Å²) in [4.78, 5) is 12.0. The molecule has 3 heteroatoms. The van der Waals surface area contributed by atoms with Gasteiger partial charge in [0.15, 0.2) is 0 Å². The van der Waals surface area contributed by atoms with Crippen LogP contribution in [0.1, 0.15) is 11.1 Å². The Bertz CT molecular complexity index is 549. The quantitative estimate of drug-likeness (QED) is 0.677. The maximum absolute atomic E-state index is 12.0. The maximum Gasteiger partial charge on any atom is 0.141 e. The minimum Gasteiger partial charge on any atom is -0.299 e. The van der Waals surface area contributed by atoms with E-state index in [4.69, 9.17) is 0 Å². The molecule has 2 rings (SSSR count). The summed E-state index contributed by atoms with van der Waals surface area (Å²) in [6.07, 6.45) is 0.995. The van der Waals surface area contributed by atoms with Gasteiger partial charge in [0.1, 0.15) is 5.78 Å². The van der Waals surface area contributed by atoms with E-state index < -0.39 is 0 Å². The molecule has 0 aliphatic rings. The van der Waals surface area contributed by atoms with Crippen LogP contribution in [0, 0.1) is 3.57 Å². The molecule has 0 fully saturated rings. The first-order valence-electron chi connectivity index (χ1n) is 5.64. The van der Waals surface area contributed by atoms with Crippen molar-refractivity contribution in [2.75, 3.05) is 0 Å². The third-order valence-electron chi connectivity index (χ3n) is 2.60. The minimum atomic E-state index is 0.245. The molecule has 18 heavy (non-hydrogen) atoms. The number of Topliss-reactive ketones (excluding diaryl/α,β-unsaturated/α-hetero) is 1. The number of hydrogen-bond acceptors (Lipinski definition) is 1. The molecule has 0 heterocycles. The molecule has 0 radical (unpaired) electrons. The first kappa shape index (κ1) is 13.7. The summed E-state index contributed by atoms with van der Waals surface area (Å²) in [5.41, 5.74) is 2.13. The number of halogens is 2. The molecule has 0 saturated carbocycles. The van der Waals surface area contributed by atoms with E-state index in [9.17, 15) is 4.79 Å². The molecule has 0 N–H and O–H groups in total. The fraction of sp³-hybridized carbons (Fsp3) is 0.133. The van der Waals surface area contributed by atoms with Crippen molar-refractivity contribution >= 4 is 44.3 Å². The summed E-state index contributed by atoms with van der Waals surface area (Å²) < 4.78 is 2.21. The largest absolute Gasteiger partial charge is 0.299 e. The molecule has 0 saturated heterocycles. The predicted molar refractivity (Wildman–Crippen MR) is 85.7 cm³/mol. The van der Waals surface area contributed by atoms with Gasteiger partial charge < -0.3 is 0 Å². The molecule has 92 valence electrons. The Balaban J connectivity index is 1.98. The number of carbonyl (C=O) groups is 1. The van der Waals surface area contributed by atoms with E-state index in [1.54, 1.807) is 0 Å². The second-order valence-corrected chi connectivity index (χ2v) is 6.31. The number of hydrogen-bond donors (Lipinski definition) is 0. The zero-order valence-electron chi connectivity index (χ0n) is 9.70. The Morgan fingerprint density at radius 2 is 1.67 bits per heavy atom. The normalized spacial score (nSPS) is 10.3. The van der Waals surface area contributed by atoms with Gasteiger partial charge in [-0.05, 0) is 58.0 Å². The van der Waals surface area contributed by atoms with Crippen molar-refractivity contribution in [3.8, 4) is 0 Å². The first-order chi connectivity index (χ1) is 8.63. The van der Waals surface area contributed by atoms with Gasteiger partial charge in [-0.1, -0.05) is 40.2 Å². The highest BCUT2D eigenvalue weighted by atomic mass is 127. The molecule has 0 unspecified atom stereocenters. The molecule has 0 amide bonds. The molecule has 0 aliphatic heterocycles. The average Bonchev–Trinajstić information content (AvgIpc) is 2.32. The lowest BCUT2D eigenvalue weighted by molar-refractivity contribution is -0.117. The summed E-state index contributed by atoms with van der Waals surface area (Å²) >= 11 is 5.68. The molecule has 0 bridgehead atoms. The second-order valence-electron chi connectivity index (χ2n) is 4.15. The van der Waals surface area contributed by atoms with Gasteiger partial charge in [0.2, 0.25) is 0 Å². The summed E-state index contributed by atoms with van der Waals surface area (Å²) in [7, 11) is 0. The van der Waals surface area contributed by atoms with Crippen molar-refractivity contribution in [2.24, 2.45) is 0 Å². The highest BCUT2D eigenvalue weighted by Crippen LogP contribution is 2.13. The zero-order chi connectivity index (χ0) is 13.0. The fourth-order valence-electron chi connectivity index (χ4n) is 1.77. The lowest BCUT2D eigenvalue weighted by atomic mass is 10.0. The molecule has 0 aliphatic carbocycles. The summed E-state index contributed by atoms with van der Waals surface area (Å²) in [6.45, 7) is 0. The number of carbonyl (C=O) groups excluding carboxylic acids is 1. The topological polar surface area (TPSA) is 17.1 Å². The molecule has 0 spiro atoms. The third-order valence-corrected chi connectivity index (χ3v) is 3.82. The first-order valence-corrected chi connectivity index (χ1v) is 7.51. The monoisotopic (exact) mass is 414 g/mol. The van der Waals surface area contributed by atoms with Crippen LogP contribution in [-0.4, -0.2) is 5.78 Å². The lowest BCUT2D eigenvalue weighted by Gasteiger charge is -2.03. The van der Waals surface area contributed by atoms with E-state index in [1.165, 1.54) is 3.57 Å². The standard InChI is InChI=1S/C15H12BrIO/c16-13-3-1-2-12(8-13)10-15(18)9-11-4-6-14(17)7-5-11/h1-8H,9-10H2. The molecule has 2 aromatic carbocycles. The van der Waals surface area contributed by atoms with Crippen molar-refractivity contribution in [1.82, 2.24) is 0 Å². The van der Waals surface area contributed by atoms with E-state index in [2.05, 4.69) is 38.5 Å². The van der Waals surface area contributed by atoms with Crippen LogP contribution in [0.5, 0.6) is 0 Å². The van der Waals surface area contributed by atoms with Crippen molar-refractivity contribution in [3.63, 3.8) is 0 Å². The minimum absolute atomic E-state index is 0.245. The van der Waals surface area contributed by atoms with Gasteiger partial charge >= 0.3 is 0 Å². The van der Waals surface area contributed by atoms with Crippen LogP contribution in [0.4, 0.5) is 0 Å². The van der Waals surface area contributed by atoms with E-state index in [0.29, 0.717) is 12.8 Å². The Morgan fingerprint density at radius 1 is 1.00 bits per heavy atom. The van der Waals surface area contributed by atoms with Crippen molar-refractivity contribution < 1.29 is 4.79 Å². The molecule has 0 atom stereocenters. The zero-order valence-corrected chi connectivity index (χ0v) is 13.4. The van der Waals surface area contributed by atoms with Gasteiger partial charge in [0.25, 0.3) is 0 Å². The van der Waals surface area contributed by atoms with Crippen LogP contribution in [-0.2, 0) is 17.6 Å². The molecule has 2 aromatic rings. The van der Waals surface area contributed by atoms with Crippen LogP contribution in [0.2, 0.25) is 0 Å². The number of ketones is 1. The van der Waals surface area contributed by atoms with Gasteiger partial charge in [0, 0.05) is 20.9 Å². The average molecular weight is 415 g/mol. The lowest BCUT2D eigenvalue weighted by Crippen LogP contribution is -2.06. The van der Waals surface area contributed by atoms with Crippen molar-refractivity contribution in [3.05, 3.63) is 67.7 Å². The summed E-state index contributed by atoms with van der Waals surface area (Å²) in [6, 6.07) is 16.0. The summed E-state index contributed by atoms with van der Waals surface area (Å²) in [5, 5.41) is 0. The number of benzene rings is 2. The van der Waals surface area contributed by atoms with Gasteiger partial charge in [0.05, 0.1) is 0 Å². The van der Waals surface area contributed by atoms with Crippen molar-refractivity contribution in [1.29, 1.82) is 0 Å². The van der Waals surface area contributed by atoms with Crippen LogP contribution in [0.3, 0.4) is 0 Å². The van der Waals surface area contributed by atoms with E-state index in [1.807, 2.05) is 48.5 Å². The van der Waals surface area contributed by atoms with E-state index in [-0.39, 0.29) is 5.78 Å². The highest BCUT2D eigenvalue weighted by molar-refractivity contribution is 14.1. The number of rotatable bonds is 4. The Kier molecular flexibility index (Phi) is 4.95. The Hall–Kier alpha value is -0.680. The van der Waals surface area contributed by atoms with Gasteiger partial charge in [-0.15, -0.1) is 0 Å².